The highest BCUT2D eigenvalue weighted by atomic mass is 28.3. The molecule has 1 aliphatic rings. The zero-order valence-electron chi connectivity index (χ0n) is 16.7. The van der Waals surface area contributed by atoms with Crippen LogP contribution in [0.3, 0.4) is 0 Å². The Labute approximate surface area is 151 Å². The number of unbranched alkanes of at least 4 members (excludes halogenated alkanes) is 2. The molecule has 1 unspecified atom stereocenters. The lowest BCUT2D eigenvalue weighted by Crippen LogP contribution is -2.56. The standard InChI is InChI=1S/C23H36Si/c1-7-9-16-24(17-10-8-2,22-14-12-11-13-15-22)23(6)18-19(3)20(4)21(23)5/h11-15,18H,7-10,16-17H2,1-6H3. The minimum Gasteiger partial charge on any atom is -0.0737 e. The van der Waals surface area contributed by atoms with E-state index in [9.17, 15) is 0 Å². The number of hydrogen-bond acceptors (Lipinski definition) is 0. The summed E-state index contributed by atoms with van der Waals surface area (Å²) in [6.45, 7) is 14.3. The van der Waals surface area contributed by atoms with Gasteiger partial charge < -0.3 is 0 Å². The Bertz CT molecular complexity index is 600. The first-order chi connectivity index (χ1) is 11.4. The van der Waals surface area contributed by atoms with Crippen molar-refractivity contribution < 1.29 is 0 Å². The Balaban J connectivity index is 2.65. The fourth-order valence-corrected chi connectivity index (χ4v) is 11.4. The third kappa shape index (κ3) is 3.20. The second-order valence-electron chi connectivity index (χ2n) is 7.93. The van der Waals surface area contributed by atoms with Crippen molar-refractivity contribution in [3.8, 4) is 0 Å². The topological polar surface area (TPSA) is 0 Å². The molecule has 0 heterocycles. The SMILES string of the molecule is CCCC[Si](CCCC)(c1ccccc1)C1(C)C=C(C)C(C)=C1C. The molecule has 1 atom stereocenters. The molecule has 1 aromatic rings. The second-order valence-corrected chi connectivity index (χ2v) is 12.7. The lowest BCUT2D eigenvalue weighted by atomic mass is 10.0. The molecule has 0 aromatic heterocycles. The molecule has 0 amide bonds. The molecule has 0 nitrogen and oxygen atoms in total. The van der Waals surface area contributed by atoms with Crippen molar-refractivity contribution in [2.75, 3.05) is 0 Å². The summed E-state index contributed by atoms with van der Waals surface area (Å²) in [5.41, 5.74) is 4.69. The summed E-state index contributed by atoms with van der Waals surface area (Å²) in [7, 11) is -1.69. The molecule has 1 aromatic carbocycles. The molecule has 0 spiro atoms. The fraction of sp³-hybridized carbons (Fsp3) is 0.565. The van der Waals surface area contributed by atoms with Gasteiger partial charge >= 0.3 is 0 Å². The van der Waals surface area contributed by atoms with Crippen LogP contribution in [-0.2, 0) is 0 Å². The molecular weight excluding hydrogens is 304 g/mol. The maximum Gasteiger partial charge on any atom is 0.101 e. The summed E-state index contributed by atoms with van der Waals surface area (Å²) in [5, 5.41) is 1.94. The van der Waals surface area contributed by atoms with Crippen LogP contribution in [0.1, 0.15) is 67.2 Å². The third-order valence-electron chi connectivity index (χ3n) is 6.67. The first-order valence-corrected chi connectivity index (χ1v) is 12.3. The molecule has 0 radical (unpaired) electrons. The summed E-state index contributed by atoms with van der Waals surface area (Å²) in [5.74, 6) is 0. The largest absolute Gasteiger partial charge is 0.101 e. The monoisotopic (exact) mass is 340 g/mol. The van der Waals surface area contributed by atoms with Crippen LogP contribution < -0.4 is 5.19 Å². The minimum absolute atomic E-state index is 0.271. The molecule has 0 N–H and O–H groups in total. The van der Waals surface area contributed by atoms with Crippen LogP contribution >= 0.6 is 0 Å². The maximum atomic E-state index is 2.64. The summed E-state index contributed by atoms with van der Waals surface area (Å²) >= 11 is 0. The molecular formula is C23H36Si. The molecule has 0 aliphatic heterocycles. The summed E-state index contributed by atoms with van der Waals surface area (Å²) in [4.78, 5) is 0. The van der Waals surface area contributed by atoms with Crippen molar-refractivity contribution in [3.05, 3.63) is 53.1 Å². The van der Waals surface area contributed by atoms with Crippen molar-refractivity contribution in [1.82, 2.24) is 0 Å². The van der Waals surface area contributed by atoms with E-state index in [1.807, 2.05) is 0 Å². The Hall–Kier alpha value is -1.08. The summed E-state index contributed by atoms with van der Waals surface area (Å²) in [6, 6.07) is 14.4. The number of benzene rings is 1. The minimum atomic E-state index is -1.69. The predicted molar refractivity (Wildman–Crippen MR) is 112 cm³/mol. The third-order valence-corrected chi connectivity index (χ3v) is 13.0. The average molecular weight is 341 g/mol. The molecule has 0 saturated carbocycles. The van der Waals surface area contributed by atoms with E-state index in [0.29, 0.717) is 0 Å². The van der Waals surface area contributed by atoms with Crippen LogP contribution in [-0.4, -0.2) is 8.07 Å². The number of rotatable bonds is 8. The van der Waals surface area contributed by atoms with Gasteiger partial charge in [-0.15, -0.1) is 0 Å². The molecule has 0 saturated heterocycles. The zero-order chi connectivity index (χ0) is 17.8. The van der Waals surface area contributed by atoms with Crippen molar-refractivity contribution in [2.24, 2.45) is 0 Å². The van der Waals surface area contributed by atoms with Gasteiger partial charge in [0.05, 0.1) is 0 Å². The van der Waals surface area contributed by atoms with Crippen LogP contribution in [0.2, 0.25) is 17.1 Å². The van der Waals surface area contributed by atoms with E-state index in [4.69, 9.17) is 0 Å². The van der Waals surface area contributed by atoms with Gasteiger partial charge in [-0.25, -0.2) is 0 Å². The van der Waals surface area contributed by atoms with Crippen LogP contribution in [0, 0.1) is 0 Å². The molecule has 132 valence electrons. The Morgan fingerprint density at radius 3 is 1.83 bits per heavy atom. The molecule has 1 aliphatic carbocycles. The van der Waals surface area contributed by atoms with Crippen molar-refractivity contribution in [3.63, 3.8) is 0 Å². The van der Waals surface area contributed by atoms with Crippen LogP contribution in [0.25, 0.3) is 0 Å². The van der Waals surface area contributed by atoms with E-state index < -0.39 is 8.07 Å². The smallest absolute Gasteiger partial charge is 0.0737 e. The van der Waals surface area contributed by atoms with Gasteiger partial charge in [0.1, 0.15) is 8.07 Å². The highest BCUT2D eigenvalue weighted by molar-refractivity contribution is 6.95. The van der Waals surface area contributed by atoms with Gasteiger partial charge in [0.25, 0.3) is 0 Å². The quantitative estimate of drug-likeness (QED) is 0.447. The van der Waals surface area contributed by atoms with Crippen molar-refractivity contribution in [2.45, 2.75) is 84.4 Å². The second kappa shape index (κ2) is 7.87. The molecule has 1 heteroatoms. The van der Waals surface area contributed by atoms with E-state index in [-0.39, 0.29) is 5.04 Å². The van der Waals surface area contributed by atoms with Crippen LogP contribution in [0.5, 0.6) is 0 Å². The van der Waals surface area contributed by atoms with Crippen LogP contribution in [0.15, 0.2) is 53.1 Å². The van der Waals surface area contributed by atoms with E-state index >= 15 is 0 Å². The van der Waals surface area contributed by atoms with E-state index in [0.717, 1.165) is 0 Å². The zero-order valence-corrected chi connectivity index (χ0v) is 17.7. The van der Waals surface area contributed by atoms with Gasteiger partial charge in [-0.3, -0.25) is 0 Å². The first-order valence-electron chi connectivity index (χ1n) is 9.86. The Morgan fingerprint density at radius 2 is 1.42 bits per heavy atom. The molecule has 2 rings (SSSR count). The first kappa shape index (κ1) is 19.2. The van der Waals surface area contributed by atoms with Gasteiger partial charge in [-0.2, -0.15) is 0 Å². The van der Waals surface area contributed by atoms with E-state index in [2.05, 4.69) is 78.0 Å². The molecule has 0 bridgehead atoms. The van der Waals surface area contributed by atoms with E-state index in [1.54, 1.807) is 16.3 Å². The molecule has 0 fully saturated rings. The van der Waals surface area contributed by atoms with Gasteiger partial charge in [0.15, 0.2) is 0 Å². The van der Waals surface area contributed by atoms with Crippen molar-refractivity contribution >= 4 is 13.3 Å². The Morgan fingerprint density at radius 1 is 0.875 bits per heavy atom. The summed E-state index contributed by atoms with van der Waals surface area (Å²) < 4.78 is 0. The maximum absolute atomic E-state index is 2.64. The highest BCUT2D eigenvalue weighted by Crippen LogP contribution is 2.56. The van der Waals surface area contributed by atoms with E-state index in [1.165, 1.54) is 43.3 Å². The van der Waals surface area contributed by atoms with Gasteiger partial charge in [-0.1, -0.05) is 111 Å². The van der Waals surface area contributed by atoms with Crippen LogP contribution in [0.4, 0.5) is 0 Å². The average Bonchev–Trinajstić information content (AvgIpc) is 2.80. The van der Waals surface area contributed by atoms with Gasteiger partial charge in [0.2, 0.25) is 0 Å². The van der Waals surface area contributed by atoms with Gasteiger partial charge in [-0.05, 0) is 26.3 Å². The Kier molecular flexibility index (Phi) is 6.31. The number of allylic oxidation sites excluding steroid dienone is 4. The predicted octanol–water partition coefficient (Wildman–Crippen LogP) is 7.00. The molecule has 24 heavy (non-hydrogen) atoms. The lowest BCUT2D eigenvalue weighted by molar-refractivity contribution is 0.764. The number of hydrogen-bond donors (Lipinski definition) is 0. The van der Waals surface area contributed by atoms with Gasteiger partial charge in [0, 0.05) is 5.04 Å². The summed E-state index contributed by atoms with van der Waals surface area (Å²) in [6.07, 6.45) is 7.96. The van der Waals surface area contributed by atoms with Crippen molar-refractivity contribution in [1.29, 1.82) is 0 Å². The highest BCUT2D eigenvalue weighted by Gasteiger charge is 2.51. The fourth-order valence-electron chi connectivity index (χ4n) is 4.78. The normalized spacial score (nSPS) is 21.3. The lowest BCUT2D eigenvalue weighted by Gasteiger charge is -2.47.